The van der Waals surface area contributed by atoms with Gasteiger partial charge in [-0.15, -0.1) is 0 Å². The predicted octanol–water partition coefficient (Wildman–Crippen LogP) is 7.16. The molecular weight excluding hydrogens is 504 g/mol. The molecule has 0 bridgehead atoms. The summed E-state index contributed by atoms with van der Waals surface area (Å²) in [5, 5.41) is 4.18. The lowest BCUT2D eigenvalue weighted by Gasteiger charge is -2.29. The van der Waals surface area contributed by atoms with Crippen molar-refractivity contribution in [2.75, 3.05) is 12.0 Å². The van der Waals surface area contributed by atoms with Crippen LogP contribution in [-0.2, 0) is 0 Å². The molecule has 1 saturated heterocycles. The van der Waals surface area contributed by atoms with E-state index < -0.39 is 0 Å². The first-order chi connectivity index (χ1) is 19.1. The molecule has 0 radical (unpaired) electrons. The fraction of sp³-hybridized carbons (Fsp3) is 0.125. The Morgan fingerprint density at radius 1 is 0.821 bits per heavy atom. The highest BCUT2D eigenvalue weighted by Crippen LogP contribution is 2.43. The van der Waals surface area contributed by atoms with E-state index >= 15 is 0 Å². The molecule has 0 unspecified atom stereocenters. The van der Waals surface area contributed by atoms with Gasteiger partial charge in [-0.1, -0.05) is 36.4 Å². The van der Waals surface area contributed by atoms with Crippen LogP contribution in [0, 0.1) is 6.92 Å². The Hall–Kier alpha value is -4.62. The lowest BCUT2D eigenvalue weighted by Crippen LogP contribution is -2.30. The smallest absolute Gasteiger partial charge is 0.174 e. The number of aryl methyl sites for hydroxylation is 1. The van der Waals surface area contributed by atoms with Crippen LogP contribution in [0.2, 0.25) is 0 Å². The molecular formula is C32H28N4O2S. The number of aromatic nitrogens is 2. The summed E-state index contributed by atoms with van der Waals surface area (Å²) in [5.74, 6) is 2.40. The van der Waals surface area contributed by atoms with Gasteiger partial charge in [-0.2, -0.15) is 0 Å². The van der Waals surface area contributed by atoms with E-state index in [0.717, 1.165) is 45.6 Å². The zero-order chi connectivity index (χ0) is 26.8. The maximum absolute atomic E-state index is 6.15. The van der Waals surface area contributed by atoms with Gasteiger partial charge in [0.15, 0.2) is 5.11 Å². The highest BCUT2D eigenvalue weighted by molar-refractivity contribution is 7.80. The van der Waals surface area contributed by atoms with Gasteiger partial charge in [-0.3, -0.25) is 4.98 Å². The van der Waals surface area contributed by atoms with Crippen molar-refractivity contribution in [3.63, 3.8) is 0 Å². The molecule has 0 amide bonds. The van der Waals surface area contributed by atoms with Gasteiger partial charge >= 0.3 is 0 Å². The van der Waals surface area contributed by atoms with Crippen molar-refractivity contribution in [3.8, 4) is 22.9 Å². The molecule has 2 atom stereocenters. The van der Waals surface area contributed by atoms with Gasteiger partial charge in [-0.25, -0.2) is 0 Å². The van der Waals surface area contributed by atoms with Crippen LogP contribution in [0.1, 0.15) is 29.0 Å². The number of benzene rings is 3. The Morgan fingerprint density at radius 3 is 2.31 bits per heavy atom. The summed E-state index contributed by atoms with van der Waals surface area (Å²) in [6, 6.07) is 33.9. The van der Waals surface area contributed by atoms with E-state index in [1.807, 2.05) is 98.0 Å². The van der Waals surface area contributed by atoms with Gasteiger partial charge < -0.3 is 24.3 Å². The molecule has 5 aromatic rings. The highest BCUT2D eigenvalue weighted by Gasteiger charge is 2.42. The minimum absolute atomic E-state index is 0.162. The van der Waals surface area contributed by atoms with Gasteiger partial charge in [0.2, 0.25) is 0 Å². The number of thiocarbonyl (C=S) groups is 1. The van der Waals surface area contributed by atoms with Crippen molar-refractivity contribution < 1.29 is 9.47 Å². The minimum atomic E-state index is -0.171. The molecule has 0 spiro atoms. The van der Waals surface area contributed by atoms with Crippen molar-refractivity contribution in [2.45, 2.75) is 19.0 Å². The summed E-state index contributed by atoms with van der Waals surface area (Å²) in [7, 11) is 1.69. The molecule has 1 N–H and O–H groups in total. The number of anilines is 1. The van der Waals surface area contributed by atoms with Crippen LogP contribution in [-0.4, -0.2) is 21.8 Å². The number of rotatable bonds is 7. The fourth-order valence-corrected chi connectivity index (χ4v) is 5.44. The fourth-order valence-electron chi connectivity index (χ4n) is 5.09. The molecule has 39 heavy (non-hydrogen) atoms. The first-order valence-corrected chi connectivity index (χ1v) is 13.2. The van der Waals surface area contributed by atoms with Crippen LogP contribution in [0.5, 0.6) is 17.2 Å². The number of hydrogen-bond donors (Lipinski definition) is 1. The monoisotopic (exact) mass is 532 g/mol. The van der Waals surface area contributed by atoms with E-state index in [0.29, 0.717) is 5.11 Å². The standard InChI is InChI=1S/C32H28N4O2S/c1-22-10-3-5-14-28(22)38-24-18-16-23(17-19-24)36-31(30(34-32(36)39)25-11-7-8-20-33-25)27-13-9-21-35(27)26-12-4-6-15-29(26)37-2/h3-21,30-31H,1-2H3,(H,34,39)/t30-,31+/m0/s1. The third-order valence-electron chi connectivity index (χ3n) is 6.96. The molecule has 1 aliphatic heterocycles. The molecule has 1 fully saturated rings. The Morgan fingerprint density at radius 2 is 1.56 bits per heavy atom. The van der Waals surface area contributed by atoms with E-state index in [1.165, 1.54) is 0 Å². The molecule has 2 aromatic heterocycles. The number of nitrogens with one attached hydrogen (secondary N) is 1. The zero-order valence-corrected chi connectivity index (χ0v) is 22.5. The average molecular weight is 533 g/mol. The molecule has 0 aliphatic carbocycles. The number of pyridine rings is 1. The largest absolute Gasteiger partial charge is 0.495 e. The molecule has 3 heterocycles. The Kier molecular flexibility index (Phi) is 6.73. The van der Waals surface area contributed by atoms with Crippen molar-refractivity contribution >= 4 is 23.0 Å². The van der Waals surface area contributed by atoms with Gasteiger partial charge in [0.25, 0.3) is 0 Å². The maximum Gasteiger partial charge on any atom is 0.174 e. The summed E-state index contributed by atoms with van der Waals surface area (Å²) in [4.78, 5) is 6.85. The van der Waals surface area contributed by atoms with Crippen LogP contribution in [0.4, 0.5) is 5.69 Å². The molecule has 3 aromatic carbocycles. The highest BCUT2D eigenvalue weighted by atomic mass is 32.1. The van der Waals surface area contributed by atoms with E-state index in [2.05, 4.69) is 44.2 Å². The zero-order valence-electron chi connectivity index (χ0n) is 21.7. The number of methoxy groups -OCH3 is 1. The molecule has 6 nitrogen and oxygen atoms in total. The molecule has 6 rings (SSSR count). The SMILES string of the molecule is COc1ccccc1-n1cccc1[C@@H]1[C@H](c2ccccn2)NC(=S)N1c1ccc(Oc2ccccc2C)cc1. The lowest BCUT2D eigenvalue weighted by molar-refractivity contribution is 0.412. The predicted molar refractivity (Wildman–Crippen MR) is 158 cm³/mol. The second-order valence-corrected chi connectivity index (χ2v) is 9.72. The third kappa shape index (κ3) is 4.73. The van der Waals surface area contributed by atoms with Crippen molar-refractivity contribution in [2.24, 2.45) is 0 Å². The van der Waals surface area contributed by atoms with Gasteiger partial charge in [0.05, 0.1) is 24.5 Å². The van der Waals surface area contributed by atoms with Gasteiger partial charge in [-0.05, 0) is 91.4 Å². The third-order valence-corrected chi connectivity index (χ3v) is 7.28. The Labute approximate surface area is 233 Å². The van der Waals surface area contributed by atoms with Crippen molar-refractivity contribution in [1.29, 1.82) is 0 Å². The summed E-state index contributed by atoms with van der Waals surface area (Å²) in [6.07, 6.45) is 3.87. The lowest BCUT2D eigenvalue weighted by atomic mass is 10.0. The first kappa shape index (κ1) is 24.7. The summed E-state index contributed by atoms with van der Waals surface area (Å²) < 4.78 is 14.0. The molecule has 7 heteroatoms. The second-order valence-electron chi connectivity index (χ2n) is 9.33. The van der Waals surface area contributed by atoms with Crippen LogP contribution < -0.4 is 19.7 Å². The van der Waals surface area contributed by atoms with Crippen LogP contribution in [0.3, 0.4) is 0 Å². The van der Waals surface area contributed by atoms with E-state index in [9.17, 15) is 0 Å². The normalized spacial score (nSPS) is 16.7. The van der Waals surface area contributed by atoms with Crippen LogP contribution in [0.15, 0.2) is 116 Å². The summed E-state index contributed by atoms with van der Waals surface area (Å²) in [5.41, 5.74) is 4.98. The number of para-hydroxylation sites is 3. The number of ether oxygens (including phenoxy) is 2. The number of hydrogen-bond acceptors (Lipinski definition) is 4. The van der Waals surface area contributed by atoms with Gasteiger partial charge in [0.1, 0.15) is 23.3 Å². The molecule has 0 saturated carbocycles. The number of nitrogens with zero attached hydrogens (tertiary/aromatic N) is 3. The topological polar surface area (TPSA) is 51.5 Å². The van der Waals surface area contributed by atoms with Crippen molar-refractivity contribution in [3.05, 3.63) is 132 Å². The Bertz CT molecular complexity index is 1600. The van der Waals surface area contributed by atoms with E-state index in [1.54, 1.807) is 7.11 Å². The molecule has 1 aliphatic rings. The van der Waals surface area contributed by atoms with Gasteiger partial charge in [0, 0.05) is 23.8 Å². The Balaban J connectivity index is 1.41. The average Bonchev–Trinajstić information content (AvgIpc) is 3.59. The summed E-state index contributed by atoms with van der Waals surface area (Å²) >= 11 is 5.94. The van der Waals surface area contributed by atoms with Crippen molar-refractivity contribution in [1.82, 2.24) is 14.9 Å². The summed E-state index contributed by atoms with van der Waals surface area (Å²) in [6.45, 7) is 2.04. The quantitative estimate of drug-likeness (QED) is 0.225. The van der Waals surface area contributed by atoms with Crippen LogP contribution >= 0.6 is 12.2 Å². The molecule has 194 valence electrons. The van der Waals surface area contributed by atoms with E-state index in [4.69, 9.17) is 21.7 Å². The van der Waals surface area contributed by atoms with Crippen LogP contribution in [0.25, 0.3) is 5.69 Å². The second kappa shape index (κ2) is 10.6. The first-order valence-electron chi connectivity index (χ1n) is 12.8. The van der Waals surface area contributed by atoms with E-state index in [-0.39, 0.29) is 12.1 Å². The minimum Gasteiger partial charge on any atom is -0.495 e. The maximum atomic E-state index is 6.15.